The van der Waals surface area contributed by atoms with Crippen molar-refractivity contribution in [1.29, 1.82) is 0 Å². The monoisotopic (exact) mass is 430 g/mol. The lowest BCUT2D eigenvalue weighted by Gasteiger charge is -2.33. The highest BCUT2D eigenvalue weighted by atomic mass is 19.4. The molecule has 1 aliphatic heterocycles. The Kier molecular flexibility index (Phi) is 5.73. The molecule has 164 valence electrons. The number of rotatable bonds is 4. The second-order valence-electron chi connectivity index (χ2n) is 8.34. The molecule has 1 aliphatic rings. The molecule has 3 aromatic rings. The van der Waals surface area contributed by atoms with Crippen molar-refractivity contribution in [2.75, 3.05) is 13.1 Å². The van der Waals surface area contributed by atoms with E-state index in [0.717, 1.165) is 36.2 Å². The summed E-state index contributed by atoms with van der Waals surface area (Å²) in [5.41, 5.74) is 1.96. The average molecular weight is 430 g/mol. The number of nitrogens with zero attached hydrogens (tertiary/aromatic N) is 4. The van der Waals surface area contributed by atoms with E-state index in [1.165, 1.54) is 10.5 Å². The minimum atomic E-state index is -4.43. The number of amides is 1. The average Bonchev–Trinajstić information content (AvgIpc) is 3.17. The van der Waals surface area contributed by atoms with Crippen LogP contribution in [0.15, 0.2) is 42.6 Å². The van der Waals surface area contributed by atoms with Crippen LogP contribution in [0.4, 0.5) is 13.2 Å². The number of likely N-dealkylation sites (tertiary alicyclic amines) is 1. The first kappa shape index (κ1) is 21.3. The summed E-state index contributed by atoms with van der Waals surface area (Å²) in [7, 11) is 0. The first-order valence-electron chi connectivity index (χ1n) is 10.5. The molecule has 1 saturated heterocycles. The largest absolute Gasteiger partial charge is 0.417 e. The van der Waals surface area contributed by atoms with Crippen LogP contribution in [0, 0.1) is 6.92 Å². The molecular formula is C23H25F3N4O. The number of hydrogen-bond donors (Lipinski definition) is 0. The number of hydrogen-bond acceptors (Lipinski definition) is 3. The summed E-state index contributed by atoms with van der Waals surface area (Å²) in [6.45, 7) is 5.18. The SMILES string of the molecule is Cc1ccccc1[C@H](C)CC(=O)N1CCC[C@H](c2nnc3ccc(C(F)(F)F)cn23)C1. The Morgan fingerprint density at radius 1 is 1.19 bits per heavy atom. The van der Waals surface area contributed by atoms with Gasteiger partial charge >= 0.3 is 6.18 Å². The number of aromatic nitrogens is 3. The van der Waals surface area contributed by atoms with E-state index in [2.05, 4.69) is 10.2 Å². The molecule has 2 atom stereocenters. The number of piperidine rings is 1. The quantitative estimate of drug-likeness (QED) is 0.588. The van der Waals surface area contributed by atoms with Gasteiger partial charge in [-0.15, -0.1) is 10.2 Å². The summed E-state index contributed by atoms with van der Waals surface area (Å²) in [4.78, 5) is 14.8. The van der Waals surface area contributed by atoms with Crippen LogP contribution in [0.1, 0.15) is 60.5 Å². The zero-order valence-corrected chi connectivity index (χ0v) is 17.6. The third-order valence-corrected chi connectivity index (χ3v) is 6.10. The topological polar surface area (TPSA) is 50.5 Å². The summed E-state index contributed by atoms with van der Waals surface area (Å²) in [5.74, 6) is 0.484. The van der Waals surface area contributed by atoms with Crippen molar-refractivity contribution < 1.29 is 18.0 Å². The van der Waals surface area contributed by atoms with Crippen LogP contribution in [-0.4, -0.2) is 38.5 Å². The molecule has 0 saturated carbocycles. The van der Waals surface area contributed by atoms with Crippen LogP contribution in [-0.2, 0) is 11.0 Å². The van der Waals surface area contributed by atoms with Crippen LogP contribution in [0.5, 0.6) is 0 Å². The van der Waals surface area contributed by atoms with E-state index >= 15 is 0 Å². The smallest absolute Gasteiger partial charge is 0.342 e. The second kappa shape index (κ2) is 8.32. The van der Waals surface area contributed by atoms with Crippen molar-refractivity contribution in [3.05, 3.63) is 65.1 Å². The van der Waals surface area contributed by atoms with E-state index in [9.17, 15) is 18.0 Å². The van der Waals surface area contributed by atoms with Gasteiger partial charge in [-0.2, -0.15) is 13.2 Å². The molecule has 5 nitrogen and oxygen atoms in total. The van der Waals surface area contributed by atoms with Crippen LogP contribution in [0.2, 0.25) is 0 Å². The number of pyridine rings is 1. The summed E-state index contributed by atoms with van der Waals surface area (Å²) in [5, 5.41) is 8.19. The van der Waals surface area contributed by atoms with E-state index in [4.69, 9.17) is 0 Å². The molecule has 1 aromatic carbocycles. The minimum absolute atomic E-state index is 0.0604. The van der Waals surface area contributed by atoms with Gasteiger partial charge < -0.3 is 4.90 Å². The number of carbonyl (C=O) groups is 1. The summed E-state index contributed by atoms with van der Waals surface area (Å²) >= 11 is 0. The number of alkyl halides is 3. The number of halogens is 3. The van der Waals surface area contributed by atoms with Crippen LogP contribution >= 0.6 is 0 Å². The Morgan fingerprint density at radius 2 is 1.97 bits per heavy atom. The van der Waals surface area contributed by atoms with Crippen molar-refractivity contribution in [2.24, 2.45) is 0 Å². The maximum absolute atomic E-state index is 13.1. The van der Waals surface area contributed by atoms with Gasteiger partial charge in [-0.05, 0) is 48.9 Å². The molecular weight excluding hydrogens is 405 g/mol. The summed E-state index contributed by atoms with van der Waals surface area (Å²) < 4.78 is 40.9. The molecule has 1 amide bonds. The van der Waals surface area contributed by atoms with Gasteiger partial charge in [-0.1, -0.05) is 31.2 Å². The van der Waals surface area contributed by atoms with E-state index in [1.54, 1.807) is 0 Å². The van der Waals surface area contributed by atoms with Gasteiger partial charge in [0.15, 0.2) is 5.65 Å². The molecule has 31 heavy (non-hydrogen) atoms. The molecule has 2 aromatic heterocycles. The van der Waals surface area contributed by atoms with Crippen molar-refractivity contribution in [2.45, 2.75) is 51.1 Å². The van der Waals surface area contributed by atoms with Gasteiger partial charge in [0.2, 0.25) is 5.91 Å². The van der Waals surface area contributed by atoms with Crippen LogP contribution in [0.3, 0.4) is 0 Å². The van der Waals surface area contributed by atoms with E-state index in [1.807, 2.05) is 43.0 Å². The van der Waals surface area contributed by atoms with Crippen LogP contribution in [0.25, 0.3) is 5.65 Å². The van der Waals surface area contributed by atoms with Crippen molar-refractivity contribution in [3.63, 3.8) is 0 Å². The standard InChI is InChI=1S/C23H25F3N4O/c1-15-6-3-4-8-19(15)16(2)12-21(31)29-11-5-7-17(13-29)22-28-27-20-10-9-18(14-30(20)22)23(24,25)26/h3-4,6,8-10,14,16-17H,5,7,11-13H2,1-2H3/t16-,17+/m1/s1. The summed E-state index contributed by atoms with van der Waals surface area (Å²) in [6, 6.07) is 10.4. The molecule has 8 heteroatoms. The van der Waals surface area contributed by atoms with E-state index < -0.39 is 11.7 Å². The molecule has 0 bridgehead atoms. The van der Waals surface area contributed by atoms with E-state index in [0.29, 0.717) is 31.0 Å². The van der Waals surface area contributed by atoms with Gasteiger partial charge in [0.1, 0.15) is 5.82 Å². The van der Waals surface area contributed by atoms with Crippen molar-refractivity contribution >= 4 is 11.6 Å². The van der Waals surface area contributed by atoms with Crippen LogP contribution < -0.4 is 0 Å². The fourth-order valence-electron chi connectivity index (χ4n) is 4.41. The van der Waals surface area contributed by atoms with Gasteiger partial charge in [0.25, 0.3) is 0 Å². The first-order chi connectivity index (χ1) is 14.7. The Bertz CT molecular complexity index is 1090. The second-order valence-corrected chi connectivity index (χ2v) is 8.34. The lowest BCUT2D eigenvalue weighted by molar-refractivity contribution is -0.137. The van der Waals surface area contributed by atoms with Gasteiger partial charge in [0, 0.05) is 31.6 Å². The Labute approximate surface area is 178 Å². The normalized spacial score (nSPS) is 18.4. The molecule has 0 unspecified atom stereocenters. The van der Waals surface area contributed by atoms with Gasteiger partial charge in [-0.3, -0.25) is 9.20 Å². The highest BCUT2D eigenvalue weighted by molar-refractivity contribution is 5.77. The highest BCUT2D eigenvalue weighted by Gasteiger charge is 2.33. The third kappa shape index (κ3) is 4.43. The third-order valence-electron chi connectivity index (χ3n) is 6.10. The fraction of sp³-hybridized carbons (Fsp3) is 0.435. The molecule has 0 spiro atoms. The predicted molar refractivity (Wildman–Crippen MR) is 111 cm³/mol. The zero-order valence-electron chi connectivity index (χ0n) is 17.6. The molecule has 0 aliphatic carbocycles. The molecule has 4 rings (SSSR count). The lowest BCUT2D eigenvalue weighted by Crippen LogP contribution is -2.40. The maximum atomic E-state index is 13.1. The predicted octanol–water partition coefficient (Wildman–Crippen LogP) is 4.96. The van der Waals surface area contributed by atoms with Crippen molar-refractivity contribution in [1.82, 2.24) is 19.5 Å². The Hall–Kier alpha value is -2.90. The Morgan fingerprint density at radius 3 is 2.71 bits per heavy atom. The fourth-order valence-corrected chi connectivity index (χ4v) is 4.41. The zero-order chi connectivity index (χ0) is 22.2. The molecule has 0 N–H and O–H groups in total. The maximum Gasteiger partial charge on any atom is 0.417 e. The molecule has 1 fully saturated rings. The highest BCUT2D eigenvalue weighted by Crippen LogP contribution is 2.32. The Balaban J connectivity index is 1.51. The van der Waals surface area contributed by atoms with Gasteiger partial charge in [0.05, 0.1) is 5.56 Å². The molecule has 0 radical (unpaired) electrons. The number of benzene rings is 1. The number of aryl methyl sites for hydroxylation is 1. The lowest BCUT2D eigenvalue weighted by atomic mass is 9.92. The number of carbonyl (C=O) groups excluding carboxylic acids is 1. The first-order valence-corrected chi connectivity index (χ1v) is 10.5. The minimum Gasteiger partial charge on any atom is -0.342 e. The molecule has 3 heterocycles. The van der Waals surface area contributed by atoms with E-state index in [-0.39, 0.29) is 17.7 Å². The summed E-state index contributed by atoms with van der Waals surface area (Å²) in [6.07, 6.45) is -1.45. The van der Waals surface area contributed by atoms with Gasteiger partial charge in [-0.25, -0.2) is 0 Å². The number of fused-ring (bicyclic) bond motifs is 1. The van der Waals surface area contributed by atoms with Crippen molar-refractivity contribution in [3.8, 4) is 0 Å².